The third kappa shape index (κ3) is 41.2. The van der Waals surface area contributed by atoms with E-state index in [4.69, 9.17) is 18.9 Å². The molecule has 2 heterocycles. The SMILES string of the molecule is CC/C=C\C/C=C\C/C=C\C/C=C\C/C=C\C/C=C\C/C=C\C/C=C\CCCCCCCCCCCCCCC(=O)NC(COC1OC(CO)C(OC2OC(CO)C(O)C(O)C2O)C(O)C1O)C(O)/C=C/CCCCCCCCCCCCCCCCC. The fourth-order valence-electron chi connectivity index (χ4n) is 10.9. The van der Waals surface area contributed by atoms with Gasteiger partial charge in [-0.2, -0.15) is 0 Å². The van der Waals surface area contributed by atoms with E-state index in [1.165, 1.54) is 135 Å². The van der Waals surface area contributed by atoms with Crippen LogP contribution < -0.4 is 5.32 Å². The van der Waals surface area contributed by atoms with Crippen LogP contribution in [0.2, 0.25) is 0 Å². The van der Waals surface area contributed by atoms with Gasteiger partial charge in [0, 0.05) is 6.42 Å². The first kappa shape index (κ1) is 80.7. The molecule has 14 nitrogen and oxygen atoms in total. The lowest BCUT2D eigenvalue weighted by atomic mass is 9.97. The zero-order chi connectivity index (χ0) is 63.8. The average molecular weight is 1240 g/mol. The minimum Gasteiger partial charge on any atom is -0.394 e. The first-order valence-corrected chi connectivity index (χ1v) is 35.1. The van der Waals surface area contributed by atoms with Gasteiger partial charge in [-0.3, -0.25) is 4.79 Å². The predicted octanol–water partition coefficient (Wildman–Crippen LogP) is 14.3. The van der Waals surface area contributed by atoms with Gasteiger partial charge in [-0.05, 0) is 83.5 Å². The minimum absolute atomic E-state index is 0.244. The summed E-state index contributed by atoms with van der Waals surface area (Å²) in [5.74, 6) is -0.244. The molecule has 0 aromatic heterocycles. The quantitative estimate of drug-likeness (QED) is 0.0204. The minimum atomic E-state index is -1.79. The average Bonchev–Trinajstić information content (AvgIpc) is 2.07. The zero-order valence-corrected chi connectivity index (χ0v) is 54.9. The number of allylic oxidation sites excluding steroid dienone is 17. The molecule has 12 atom stereocenters. The molecule has 1 amide bonds. The first-order chi connectivity index (χ1) is 43.1. The third-order valence-corrected chi connectivity index (χ3v) is 16.5. The lowest BCUT2D eigenvalue weighted by Gasteiger charge is -2.46. The molecule has 2 rings (SSSR count). The van der Waals surface area contributed by atoms with Crippen LogP contribution in [-0.2, 0) is 23.7 Å². The lowest BCUT2D eigenvalue weighted by molar-refractivity contribution is -0.359. The summed E-state index contributed by atoms with van der Waals surface area (Å²) in [6, 6.07) is -0.922. The van der Waals surface area contributed by atoms with E-state index < -0.39 is 86.8 Å². The number of hydrogen-bond acceptors (Lipinski definition) is 13. The van der Waals surface area contributed by atoms with Gasteiger partial charge in [-0.1, -0.05) is 277 Å². The summed E-state index contributed by atoms with van der Waals surface area (Å²) < 4.78 is 22.8. The largest absolute Gasteiger partial charge is 0.394 e. The highest BCUT2D eigenvalue weighted by Gasteiger charge is 2.51. The summed E-state index contributed by atoms with van der Waals surface area (Å²) >= 11 is 0. The lowest BCUT2D eigenvalue weighted by Crippen LogP contribution is -2.65. The molecule has 0 saturated carbocycles. The summed E-state index contributed by atoms with van der Waals surface area (Å²) in [4.78, 5) is 13.3. The Balaban J connectivity index is 1.64. The van der Waals surface area contributed by atoms with Crippen LogP contribution in [0.5, 0.6) is 0 Å². The normalized spacial score (nSPS) is 23.8. The highest BCUT2D eigenvalue weighted by Crippen LogP contribution is 2.30. The molecule has 506 valence electrons. The molecule has 2 aliphatic rings. The van der Waals surface area contributed by atoms with Gasteiger partial charge in [-0.25, -0.2) is 0 Å². The molecular weight excluding hydrogens is 1110 g/mol. The van der Waals surface area contributed by atoms with Crippen LogP contribution in [0.3, 0.4) is 0 Å². The van der Waals surface area contributed by atoms with Crippen molar-refractivity contribution in [3.8, 4) is 0 Å². The molecule has 0 radical (unpaired) electrons. The standard InChI is InChI=1S/C74H127NO13/c1-3-5-7-9-11-13-15-17-19-21-22-23-24-25-26-27-28-29-30-31-32-33-34-35-36-37-38-39-40-42-44-46-48-50-52-54-56-58-66(79)75-62(63(78)57-55-53-51-49-47-45-43-41-20-18-16-14-12-10-8-6-4-2)61-85-73-71(84)69(82)72(65(60-77)87-73)88-74-70(83)68(81)67(80)64(59-76)86-74/h5,7,11,13,17,19,22-23,25-26,28-29,31-32,34-35,55,57,62-65,67-74,76-78,80-84H,3-4,6,8-10,12,14-16,18,20-21,24,27,30,33,36-54,56,58-61H2,1-2H3,(H,75,79)/b7-5-,13-11-,19-17-,23-22-,26-25-,29-28-,32-31-,35-34-,57-55+. The molecule has 12 unspecified atom stereocenters. The van der Waals surface area contributed by atoms with Crippen LogP contribution in [0.1, 0.15) is 258 Å². The van der Waals surface area contributed by atoms with Gasteiger partial charge in [0.15, 0.2) is 12.6 Å². The Kier molecular flexibility index (Phi) is 52.8. The van der Waals surface area contributed by atoms with Crippen molar-refractivity contribution in [3.63, 3.8) is 0 Å². The summed E-state index contributed by atoms with van der Waals surface area (Å²) in [7, 11) is 0. The number of rotatable bonds is 56. The smallest absolute Gasteiger partial charge is 0.220 e. The van der Waals surface area contributed by atoms with Crippen molar-refractivity contribution in [2.45, 2.75) is 331 Å². The summed E-state index contributed by atoms with van der Waals surface area (Å²) in [5, 5.41) is 87.4. The topological polar surface area (TPSA) is 228 Å². The van der Waals surface area contributed by atoms with Crippen molar-refractivity contribution < 1.29 is 64.6 Å². The Morgan fingerprint density at radius 2 is 0.784 bits per heavy atom. The van der Waals surface area contributed by atoms with E-state index in [2.05, 4.69) is 116 Å². The molecule has 2 aliphatic heterocycles. The number of ether oxygens (including phenoxy) is 4. The Labute approximate surface area is 534 Å². The molecule has 0 aromatic carbocycles. The van der Waals surface area contributed by atoms with E-state index in [1.807, 2.05) is 6.08 Å². The highest BCUT2D eigenvalue weighted by molar-refractivity contribution is 5.76. The molecule has 14 heteroatoms. The van der Waals surface area contributed by atoms with E-state index in [0.717, 1.165) is 96.3 Å². The van der Waals surface area contributed by atoms with Crippen molar-refractivity contribution in [2.24, 2.45) is 0 Å². The second-order valence-electron chi connectivity index (χ2n) is 24.3. The van der Waals surface area contributed by atoms with E-state index in [9.17, 15) is 45.6 Å². The van der Waals surface area contributed by atoms with E-state index >= 15 is 0 Å². The number of hydrogen-bond donors (Lipinski definition) is 9. The molecule has 0 aliphatic carbocycles. The Hall–Kier alpha value is -3.35. The van der Waals surface area contributed by atoms with Crippen molar-refractivity contribution >= 4 is 5.91 Å². The number of unbranched alkanes of at least 4 members (excludes halogenated alkanes) is 27. The number of aliphatic hydroxyl groups excluding tert-OH is 8. The molecule has 0 bridgehead atoms. The first-order valence-electron chi connectivity index (χ1n) is 35.1. The van der Waals surface area contributed by atoms with Gasteiger partial charge in [0.25, 0.3) is 0 Å². The van der Waals surface area contributed by atoms with Crippen molar-refractivity contribution in [3.05, 3.63) is 109 Å². The van der Waals surface area contributed by atoms with Crippen molar-refractivity contribution in [1.82, 2.24) is 5.32 Å². The van der Waals surface area contributed by atoms with E-state index in [1.54, 1.807) is 6.08 Å². The van der Waals surface area contributed by atoms with Crippen LogP contribution in [0.15, 0.2) is 109 Å². The molecular formula is C74H127NO13. The van der Waals surface area contributed by atoms with Crippen LogP contribution in [0.25, 0.3) is 0 Å². The van der Waals surface area contributed by atoms with Crippen LogP contribution in [0.4, 0.5) is 0 Å². The second kappa shape index (κ2) is 57.5. The van der Waals surface area contributed by atoms with E-state index in [0.29, 0.717) is 6.42 Å². The molecule has 88 heavy (non-hydrogen) atoms. The molecule has 0 aromatic rings. The monoisotopic (exact) mass is 1240 g/mol. The van der Waals surface area contributed by atoms with Gasteiger partial charge in [0.1, 0.15) is 48.8 Å². The predicted molar refractivity (Wildman–Crippen MR) is 359 cm³/mol. The maximum atomic E-state index is 13.3. The molecule has 0 spiro atoms. The summed E-state index contributed by atoms with van der Waals surface area (Å²) in [6.45, 7) is 2.69. The number of carbonyl (C=O) groups is 1. The summed E-state index contributed by atoms with van der Waals surface area (Å²) in [6.07, 6.45) is 65.6. The maximum absolute atomic E-state index is 13.3. The molecule has 2 saturated heterocycles. The van der Waals surface area contributed by atoms with Crippen molar-refractivity contribution in [2.75, 3.05) is 19.8 Å². The number of amides is 1. The Morgan fingerprint density at radius 3 is 1.20 bits per heavy atom. The highest BCUT2D eigenvalue weighted by atomic mass is 16.7. The summed E-state index contributed by atoms with van der Waals surface area (Å²) in [5.41, 5.74) is 0. The number of aliphatic hydroxyl groups is 8. The van der Waals surface area contributed by atoms with Gasteiger partial charge in [0.2, 0.25) is 5.91 Å². The van der Waals surface area contributed by atoms with Crippen LogP contribution in [0, 0.1) is 0 Å². The molecule has 9 N–H and O–H groups in total. The van der Waals surface area contributed by atoms with Crippen LogP contribution >= 0.6 is 0 Å². The zero-order valence-electron chi connectivity index (χ0n) is 54.9. The fourth-order valence-corrected chi connectivity index (χ4v) is 10.9. The third-order valence-electron chi connectivity index (χ3n) is 16.5. The number of nitrogens with one attached hydrogen (secondary N) is 1. The Morgan fingerprint density at radius 1 is 0.420 bits per heavy atom. The van der Waals surface area contributed by atoms with E-state index in [-0.39, 0.29) is 18.9 Å². The second-order valence-corrected chi connectivity index (χ2v) is 24.3. The molecule has 2 fully saturated rings. The maximum Gasteiger partial charge on any atom is 0.220 e. The van der Waals surface area contributed by atoms with Gasteiger partial charge in [0.05, 0.1) is 32.0 Å². The van der Waals surface area contributed by atoms with Gasteiger partial charge in [-0.15, -0.1) is 0 Å². The van der Waals surface area contributed by atoms with Crippen molar-refractivity contribution in [1.29, 1.82) is 0 Å². The Bertz CT molecular complexity index is 1890. The number of carbonyl (C=O) groups excluding carboxylic acids is 1. The van der Waals surface area contributed by atoms with Crippen LogP contribution in [-0.4, -0.2) is 140 Å². The van der Waals surface area contributed by atoms with Gasteiger partial charge < -0.3 is 65.1 Å². The fraction of sp³-hybridized carbons (Fsp3) is 0.743. The van der Waals surface area contributed by atoms with Gasteiger partial charge >= 0.3 is 0 Å².